The van der Waals surface area contributed by atoms with Crippen molar-refractivity contribution >= 4 is 16.8 Å². The van der Waals surface area contributed by atoms with E-state index in [1.165, 1.54) is 0 Å². The van der Waals surface area contributed by atoms with Gasteiger partial charge in [-0.25, -0.2) is 4.98 Å². The van der Waals surface area contributed by atoms with E-state index in [2.05, 4.69) is 18.1 Å². The summed E-state index contributed by atoms with van der Waals surface area (Å²) in [5.74, 6) is 0.510. The molecule has 0 N–H and O–H groups in total. The number of ether oxygens (including phenoxy) is 1. The Labute approximate surface area is 130 Å². The first-order valence-electron chi connectivity index (χ1n) is 7.14. The first-order chi connectivity index (χ1) is 10.7. The van der Waals surface area contributed by atoms with Gasteiger partial charge in [-0.1, -0.05) is 30.4 Å². The Kier molecular flexibility index (Phi) is 5.31. The molecule has 0 aliphatic carbocycles. The van der Waals surface area contributed by atoms with Crippen LogP contribution >= 0.6 is 0 Å². The van der Waals surface area contributed by atoms with Crippen molar-refractivity contribution in [2.75, 3.05) is 19.7 Å². The number of amides is 1. The highest BCUT2D eigenvalue weighted by atomic mass is 16.5. The van der Waals surface area contributed by atoms with Crippen molar-refractivity contribution in [2.24, 2.45) is 0 Å². The van der Waals surface area contributed by atoms with Gasteiger partial charge in [0.2, 0.25) is 0 Å². The number of rotatable bonds is 7. The number of carbonyl (C=O) groups excluding carboxylic acids is 1. The predicted octanol–water partition coefficient (Wildman–Crippen LogP) is 3.12. The molecule has 1 aromatic heterocycles. The average molecular weight is 296 g/mol. The minimum Gasteiger partial charge on any atom is -0.481 e. The number of carbonyl (C=O) groups is 1. The van der Waals surface area contributed by atoms with Crippen LogP contribution < -0.4 is 4.74 Å². The van der Waals surface area contributed by atoms with Gasteiger partial charge in [-0.3, -0.25) is 4.79 Å². The van der Waals surface area contributed by atoms with Gasteiger partial charge in [0.15, 0.2) is 6.61 Å². The second kappa shape index (κ2) is 7.41. The number of nitrogens with zero attached hydrogens (tertiary/aromatic N) is 2. The molecule has 0 aliphatic rings. The van der Waals surface area contributed by atoms with Gasteiger partial charge in [0.25, 0.3) is 5.91 Å². The van der Waals surface area contributed by atoms with E-state index in [0.717, 1.165) is 16.6 Å². The Hall–Kier alpha value is -2.62. The molecule has 114 valence electrons. The molecule has 0 aliphatic heterocycles. The van der Waals surface area contributed by atoms with Crippen LogP contribution in [0.3, 0.4) is 0 Å². The minimum atomic E-state index is -0.107. The van der Waals surface area contributed by atoms with Crippen LogP contribution in [0.15, 0.2) is 55.6 Å². The lowest BCUT2D eigenvalue weighted by molar-refractivity contribution is -0.132. The average Bonchev–Trinajstić information content (AvgIpc) is 2.52. The number of benzene rings is 1. The van der Waals surface area contributed by atoms with Gasteiger partial charge in [0.1, 0.15) is 11.3 Å². The van der Waals surface area contributed by atoms with Gasteiger partial charge in [-0.15, -0.1) is 13.2 Å². The van der Waals surface area contributed by atoms with Crippen LogP contribution in [0.4, 0.5) is 0 Å². The number of hydrogen-bond donors (Lipinski definition) is 0. The van der Waals surface area contributed by atoms with Crippen LogP contribution in [-0.2, 0) is 4.79 Å². The van der Waals surface area contributed by atoms with Gasteiger partial charge >= 0.3 is 0 Å². The maximum atomic E-state index is 12.2. The highest BCUT2D eigenvalue weighted by molar-refractivity contribution is 5.85. The van der Waals surface area contributed by atoms with Crippen LogP contribution in [0, 0.1) is 6.92 Å². The van der Waals surface area contributed by atoms with Gasteiger partial charge in [0, 0.05) is 24.2 Å². The number of para-hydroxylation sites is 1. The first kappa shape index (κ1) is 15.8. The zero-order chi connectivity index (χ0) is 15.9. The summed E-state index contributed by atoms with van der Waals surface area (Å²) >= 11 is 0. The maximum absolute atomic E-state index is 12.2. The molecule has 0 spiro atoms. The fourth-order valence-electron chi connectivity index (χ4n) is 2.15. The molecule has 1 amide bonds. The van der Waals surface area contributed by atoms with Crippen LogP contribution in [0.1, 0.15) is 5.69 Å². The molecule has 22 heavy (non-hydrogen) atoms. The lowest BCUT2D eigenvalue weighted by Crippen LogP contribution is -2.35. The van der Waals surface area contributed by atoms with Crippen molar-refractivity contribution in [2.45, 2.75) is 6.92 Å². The summed E-state index contributed by atoms with van der Waals surface area (Å²) in [4.78, 5) is 18.3. The number of hydrogen-bond acceptors (Lipinski definition) is 3. The fourth-order valence-corrected chi connectivity index (χ4v) is 2.15. The van der Waals surface area contributed by atoms with E-state index in [-0.39, 0.29) is 12.5 Å². The number of aryl methyl sites for hydroxylation is 1. The molecule has 4 nitrogen and oxygen atoms in total. The summed E-state index contributed by atoms with van der Waals surface area (Å²) in [7, 11) is 0. The van der Waals surface area contributed by atoms with E-state index in [9.17, 15) is 4.79 Å². The molecule has 0 radical (unpaired) electrons. The quantitative estimate of drug-likeness (QED) is 0.737. The highest BCUT2D eigenvalue weighted by Gasteiger charge is 2.12. The fraction of sp³-hybridized carbons (Fsp3) is 0.222. The molecule has 2 rings (SSSR count). The number of aromatic nitrogens is 1. The largest absolute Gasteiger partial charge is 0.481 e. The standard InChI is InChI=1S/C18H20N2O2/c1-4-11-20(12-5-2)17(21)13-22-16-8-6-7-15-10-9-14(3)19-18(15)16/h4-10H,1-2,11-13H2,3H3. The Morgan fingerprint density at radius 3 is 2.64 bits per heavy atom. The smallest absolute Gasteiger partial charge is 0.261 e. The molecule has 0 atom stereocenters. The third kappa shape index (κ3) is 3.73. The molecule has 0 saturated carbocycles. The summed E-state index contributed by atoms with van der Waals surface area (Å²) in [5.41, 5.74) is 1.68. The Morgan fingerprint density at radius 2 is 1.95 bits per heavy atom. The maximum Gasteiger partial charge on any atom is 0.261 e. The third-order valence-electron chi connectivity index (χ3n) is 3.23. The van der Waals surface area contributed by atoms with Crippen molar-refractivity contribution in [3.63, 3.8) is 0 Å². The van der Waals surface area contributed by atoms with Crippen molar-refractivity contribution in [3.05, 3.63) is 61.3 Å². The molecule has 0 saturated heterocycles. The number of pyridine rings is 1. The molecular formula is C18H20N2O2. The van der Waals surface area contributed by atoms with E-state index >= 15 is 0 Å². The van der Waals surface area contributed by atoms with Gasteiger partial charge < -0.3 is 9.64 Å². The molecule has 2 aromatic rings. The van der Waals surface area contributed by atoms with E-state index in [1.807, 2.05) is 37.3 Å². The van der Waals surface area contributed by atoms with Crippen molar-refractivity contribution in [1.82, 2.24) is 9.88 Å². The molecule has 0 fully saturated rings. The lowest BCUT2D eigenvalue weighted by atomic mass is 10.2. The molecule has 4 heteroatoms. The summed E-state index contributed by atoms with van der Waals surface area (Å²) in [6.07, 6.45) is 3.37. The summed E-state index contributed by atoms with van der Waals surface area (Å²) < 4.78 is 5.69. The van der Waals surface area contributed by atoms with Gasteiger partial charge in [-0.05, 0) is 19.1 Å². The summed E-state index contributed by atoms with van der Waals surface area (Å²) in [6.45, 7) is 10.2. The summed E-state index contributed by atoms with van der Waals surface area (Å²) in [6, 6.07) is 9.64. The monoisotopic (exact) mass is 296 g/mol. The molecule has 1 aromatic carbocycles. The van der Waals surface area contributed by atoms with E-state index in [1.54, 1.807) is 17.1 Å². The molecule has 1 heterocycles. The van der Waals surface area contributed by atoms with Crippen molar-refractivity contribution in [1.29, 1.82) is 0 Å². The second-order valence-corrected chi connectivity index (χ2v) is 4.95. The highest BCUT2D eigenvalue weighted by Crippen LogP contribution is 2.23. The van der Waals surface area contributed by atoms with Crippen LogP contribution in [0.2, 0.25) is 0 Å². The SMILES string of the molecule is C=CCN(CC=C)C(=O)COc1cccc2ccc(C)nc12. The Morgan fingerprint density at radius 1 is 1.23 bits per heavy atom. The third-order valence-corrected chi connectivity index (χ3v) is 3.23. The van der Waals surface area contributed by atoms with Crippen molar-refractivity contribution < 1.29 is 9.53 Å². The van der Waals surface area contributed by atoms with E-state index < -0.39 is 0 Å². The normalized spacial score (nSPS) is 10.2. The van der Waals surface area contributed by atoms with Crippen LogP contribution in [0.25, 0.3) is 10.9 Å². The predicted molar refractivity (Wildman–Crippen MR) is 88.9 cm³/mol. The van der Waals surface area contributed by atoms with Gasteiger partial charge in [-0.2, -0.15) is 0 Å². The zero-order valence-electron chi connectivity index (χ0n) is 12.8. The van der Waals surface area contributed by atoms with Crippen LogP contribution in [-0.4, -0.2) is 35.5 Å². The van der Waals surface area contributed by atoms with E-state index in [4.69, 9.17) is 4.74 Å². The molecular weight excluding hydrogens is 276 g/mol. The van der Waals surface area contributed by atoms with Gasteiger partial charge in [0.05, 0.1) is 0 Å². The topological polar surface area (TPSA) is 42.4 Å². The minimum absolute atomic E-state index is 0.0313. The summed E-state index contributed by atoms with van der Waals surface area (Å²) in [5, 5.41) is 0.990. The number of fused-ring (bicyclic) bond motifs is 1. The second-order valence-electron chi connectivity index (χ2n) is 4.95. The lowest BCUT2D eigenvalue weighted by Gasteiger charge is -2.19. The Bertz CT molecular complexity index is 685. The van der Waals surface area contributed by atoms with E-state index in [0.29, 0.717) is 18.8 Å². The zero-order valence-corrected chi connectivity index (χ0v) is 12.8. The first-order valence-corrected chi connectivity index (χ1v) is 7.14. The molecule has 0 unspecified atom stereocenters. The molecule has 0 bridgehead atoms. The van der Waals surface area contributed by atoms with Crippen LogP contribution in [0.5, 0.6) is 5.75 Å². The van der Waals surface area contributed by atoms with Crippen molar-refractivity contribution in [3.8, 4) is 5.75 Å². The Balaban J connectivity index is 2.14.